The summed E-state index contributed by atoms with van der Waals surface area (Å²) < 4.78 is 0. The second-order valence-corrected chi connectivity index (χ2v) is 16.4. The number of hydrogen-bond acceptors (Lipinski definition) is 1. The van der Waals surface area contributed by atoms with Crippen LogP contribution in [0.4, 0.5) is 0 Å². The van der Waals surface area contributed by atoms with Crippen LogP contribution in [0.5, 0.6) is 0 Å². The molecule has 0 spiro atoms. The van der Waals surface area contributed by atoms with Gasteiger partial charge in [0.15, 0.2) is 0 Å². The Morgan fingerprint density at radius 1 is 0.731 bits per heavy atom. The van der Waals surface area contributed by atoms with E-state index in [9.17, 15) is 5.26 Å². The fraction of sp³-hybridized carbons (Fsp3) is 0.174. The van der Waals surface area contributed by atoms with Crippen molar-refractivity contribution in [2.45, 2.75) is 34.5 Å². The summed E-state index contributed by atoms with van der Waals surface area (Å²) in [5, 5.41) is 14.0. The Morgan fingerprint density at radius 3 is 1.35 bits per heavy atom. The Labute approximate surface area is 158 Å². The molecule has 134 valence electrons. The minimum atomic E-state index is -3.73. The van der Waals surface area contributed by atoms with Gasteiger partial charge in [0.25, 0.3) is 0 Å². The van der Waals surface area contributed by atoms with Crippen LogP contribution >= 0.6 is 16.4 Å². The molecule has 0 N–H and O–H groups in total. The predicted molar refractivity (Wildman–Crippen MR) is 117 cm³/mol. The molecule has 3 heteroatoms. The molecule has 26 heavy (non-hydrogen) atoms. The van der Waals surface area contributed by atoms with E-state index >= 15 is 0 Å². The van der Waals surface area contributed by atoms with Crippen LogP contribution in [0.3, 0.4) is 0 Å². The third kappa shape index (κ3) is 2.35. The lowest BCUT2D eigenvalue weighted by molar-refractivity contribution is 0.882. The van der Waals surface area contributed by atoms with Gasteiger partial charge in [-0.1, -0.05) is 76.4 Å². The van der Waals surface area contributed by atoms with E-state index in [0.717, 1.165) is 33.3 Å². The zero-order chi connectivity index (χ0) is 18.6. The summed E-state index contributed by atoms with van der Waals surface area (Å²) in [5.74, 6) is 0.801. The molecule has 3 aromatic rings. The molecule has 0 aliphatic rings. The summed E-state index contributed by atoms with van der Waals surface area (Å²) in [6.07, 6.45) is 2.03. The highest BCUT2D eigenvalue weighted by Gasteiger charge is 2.61. The molecule has 0 saturated carbocycles. The summed E-state index contributed by atoms with van der Waals surface area (Å²) in [7, 11) is -0.569. The average molecular weight is 380 g/mol. The van der Waals surface area contributed by atoms with Gasteiger partial charge in [-0.25, -0.2) is 0 Å². The van der Waals surface area contributed by atoms with Crippen LogP contribution in [0.25, 0.3) is 0 Å². The summed E-state index contributed by atoms with van der Waals surface area (Å²) in [6, 6.07) is 31.2. The van der Waals surface area contributed by atoms with Crippen molar-refractivity contribution in [3.63, 3.8) is 0 Å². The Kier molecular flexibility index (Phi) is 4.74. The van der Waals surface area contributed by atoms with Crippen LogP contribution in [0.2, 0.25) is 0 Å². The second kappa shape index (κ2) is 6.58. The maximum atomic E-state index is 11.1. The quantitative estimate of drug-likeness (QED) is 0.331. The van der Waals surface area contributed by atoms with E-state index in [4.69, 9.17) is 0 Å². The second-order valence-electron chi connectivity index (χ2n) is 6.92. The predicted octanol–water partition coefficient (Wildman–Crippen LogP) is 7.11. The summed E-state index contributed by atoms with van der Waals surface area (Å²) in [5.41, 5.74) is 0. The van der Waals surface area contributed by atoms with E-state index in [-0.39, 0.29) is 0 Å². The maximum Gasteiger partial charge on any atom is 0.113 e. The van der Waals surface area contributed by atoms with Crippen molar-refractivity contribution >= 4 is 16.4 Å². The van der Waals surface area contributed by atoms with Gasteiger partial charge in [-0.05, 0) is 63.3 Å². The van der Waals surface area contributed by atoms with Crippen LogP contribution in [0.15, 0.2) is 106 Å². The van der Waals surface area contributed by atoms with Gasteiger partial charge in [0.1, 0.15) is 5.40 Å². The number of benzene rings is 3. The Balaban J connectivity index is 2.59. The van der Waals surface area contributed by atoms with Gasteiger partial charge in [0.05, 0.1) is 0 Å². The monoisotopic (exact) mass is 379 g/mol. The fourth-order valence-corrected chi connectivity index (χ4v) is 11.5. The number of rotatable bonds is 6. The SMILES string of the molecule is CCCCS(P)(C#N)(c1ccccc1)(c1ccccc1)c1ccccc1. The number of thiocyanates is 1. The molecule has 0 aromatic heterocycles. The third-order valence-electron chi connectivity index (χ3n) is 5.48. The van der Waals surface area contributed by atoms with E-state index in [1.54, 1.807) is 0 Å². The average Bonchev–Trinajstić information content (AvgIpc) is 2.74. The molecule has 1 nitrogen and oxygen atoms in total. The van der Waals surface area contributed by atoms with Crippen LogP contribution in [0.1, 0.15) is 19.8 Å². The van der Waals surface area contributed by atoms with Gasteiger partial charge >= 0.3 is 0 Å². The molecule has 3 aromatic carbocycles. The molecular weight excluding hydrogens is 353 g/mol. The Hall–Kier alpha value is -2.07. The first-order valence-corrected chi connectivity index (χ1v) is 13.1. The molecule has 0 bridgehead atoms. The molecular formula is C23H26NPS. The first kappa shape index (κ1) is 18.7. The Morgan fingerprint density at radius 2 is 1.08 bits per heavy atom. The van der Waals surface area contributed by atoms with Gasteiger partial charge in [-0.15, -0.1) is 7.91 Å². The minimum absolute atomic E-state index is 0.801. The molecule has 3 rings (SSSR count). The van der Waals surface area contributed by atoms with E-state index in [0.29, 0.717) is 0 Å². The fourth-order valence-electron chi connectivity index (χ4n) is 3.88. The van der Waals surface area contributed by atoms with E-state index in [1.807, 2.05) is 18.2 Å². The highest BCUT2D eigenvalue weighted by molar-refractivity contribution is 8.95. The van der Waals surface area contributed by atoms with Gasteiger partial charge in [-0.3, -0.25) is 0 Å². The zero-order valence-corrected chi connectivity index (χ0v) is 17.2. The summed E-state index contributed by atoms with van der Waals surface area (Å²) in [4.78, 5) is 3.31. The lowest BCUT2D eigenvalue weighted by Crippen LogP contribution is -2.32. The standard InChI is InChI=1S/C23H26NPS/c1-2-3-19-26(25,20-24,21-13-7-4-8-14-21,22-15-9-5-10-16-22)23-17-11-6-12-18-23/h4-18H,2-3,19,25H2,1H3. The van der Waals surface area contributed by atoms with Gasteiger partial charge in [0, 0.05) is 0 Å². The third-order valence-corrected chi connectivity index (χ3v) is 15.6. The lowest BCUT2D eigenvalue weighted by atomic mass is 10.3. The van der Waals surface area contributed by atoms with Crippen molar-refractivity contribution < 1.29 is 0 Å². The molecule has 0 aliphatic carbocycles. The maximum absolute atomic E-state index is 11.1. The van der Waals surface area contributed by atoms with Crippen LogP contribution in [-0.2, 0) is 0 Å². The van der Waals surface area contributed by atoms with Gasteiger partial charge in [0.2, 0.25) is 0 Å². The molecule has 0 radical (unpaired) electrons. The van der Waals surface area contributed by atoms with Gasteiger partial charge in [-0.2, -0.15) is 5.26 Å². The van der Waals surface area contributed by atoms with E-state index in [1.165, 1.54) is 0 Å². The van der Waals surface area contributed by atoms with E-state index < -0.39 is 7.91 Å². The Bertz CT molecular complexity index is 830. The first-order valence-electron chi connectivity index (χ1n) is 9.00. The van der Waals surface area contributed by atoms with Crippen LogP contribution < -0.4 is 0 Å². The lowest BCUT2D eigenvalue weighted by Gasteiger charge is -2.72. The van der Waals surface area contributed by atoms with Crippen molar-refractivity contribution in [2.24, 2.45) is 0 Å². The normalized spacial score (nSPS) is 14.0. The molecule has 0 heterocycles. The van der Waals surface area contributed by atoms with E-state index in [2.05, 4.69) is 93.6 Å². The van der Waals surface area contributed by atoms with Crippen molar-refractivity contribution in [1.29, 1.82) is 5.26 Å². The molecule has 1 atom stereocenters. The molecule has 1 unspecified atom stereocenters. The molecule has 0 fully saturated rings. The highest BCUT2D eigenvalue weighted by Crippen LogP contribution is 3.07. The first-order chi connectivity index (χ1) is 12.6. The molecule has 0 amide bonds. The number of unbranched alkanes of at least 4 members (excludes halogenated alkanes) is 1. The number of nitriles is 1. The molecule has 0 aliphatic heterocycles. The largest absolute Gasteiger partial charge is 0.187 e. The zero-order valence-electron chi connectivity index (χ0n) is 15.2. The topological polar surface area (TPSA) is 23.8 Å². The van der Waals surface area contributed by atoms with Gasteiger partial charge < -0.3 is 0 Å². The van der Waals surface area contributed by atoms with Crippen LogP contribution in [-0.4, -0.2) is 5.75 Å². The van der Waals surface area contributed by atoms with Crippen molar-refractivity contribution in [2.75, 3.05) is 5.75 Å². The summed E-state index contributed by atoms with van der Waals surface area (Å²) in [6.45, 7) is 2.19. The van der Waals surface area contributed by atoms with Crippen molar-refractivity contribution in [3.05, 3.63) is 91.0 Å². The molecule has 0 saturated heterocycles. The van der Waals surface area contributed by atoms with Crippen LogP contribution in [0, 0.1) is 10.7 Å². The number of hydrogen-bond donors (Lipinski definition) is 0. The van der Waals surface area contributed by atoms with Crippen molar-refractivity contribution in [1.82, 2.24) is 0 Å². The minimum Gasteiger partial charge on any atom is -0.187 e. The smallest absolute Gasteiger partial charge is 0.113 e. The highest BCUT2D eigenvalue weighted by atomic mass is 32.8. The number of nitrogens with zero attached hydrogens (tertiary/aromatic N) is 1. The summed E-state index contributed by atoms with van der Waals surface area (Å²) >= 11 is 0. The van der Waals surface area contributed by atoms with Crippen molar-refractivity contribution in [3.8, 4) is 5.40 Å².